The molecule has 0 amide bonds. The molecule has 1 atom stereocenters. The molecule has 1 saturated heterocycles. The molecular weight excluding hydrogens is 234 g/mol. The number of anilines is 1. The summed E-state index contributed by atoms with van der Waals surface area (Å²) in [4.78, 5) is 7.11. The van der Waals surface area contributed by atoms with Gasteiger partial charge in [-0.2, -0.15) is 0 Å². The molecule has 1 N–H and O–H groups in total. The van der Waals surface area contributed by atoms with Crippen molar-refractivity contribution in [3.63, 3.8) is 0 Å². The Morgan fingerprint density at radius 1 is 1.37 bits per heavy atom. The minimum atomic E-state index is 0.857. The first-order valence-electron chi connectivity index (χ1n) is 7.70. The van der Waals surface area contributed by atoms with Gasteiger partial charge in [0.1, 0.15) is 5.82 Å². The molecule has 1 unspecified atom stereocenters. The van der Waals surface area contributed by atoms with Crippen molar-refractivity contribution in [3.8, 4) is 0 Å². The maximum absolute atomic E-state index is 4.63. The summed E-state index contributed by atoms with van der Waals surface area (Å²) in [6.07, 6.45) is 7.04. The molecule has 106 valence electrons. The highest BCUT2D eigenvalue weighted by Gasteiger charge is 2.17. The number of hydrogen-bond acceptors (Lipinski definition) is 3. The van der Waals surface area contributed by atoms with Crippen LogP contribution in [-0.2, 0) is 6.54 Å². The Labute approximate surface area is 117 Å². The average Bonchev–Trinajstić information content (AvgIpc) is 2.64. The number of nitrogens with one attached hydrogen (secondary N) is 1. The van der Waals surface area contributed by atoms with Gasteiger partial charge in [-0.1, -0.05) is 19.9 Å². The van der Waals surface area contributed by atoms with Crippen LogP contribution in [0.4, 0.5) is 5.82 Å². The molecule has 2 rings (SSSR count). The van der Waals surface area contributed by atoms with E-state index in [4.69, 9.17) is 0 Å². The van der Waals surface area contributed by atoms with Crippen molar-refractivity contribution in [2.45, 2.75) is 46.1 Å². The van der Waals surface area contributed by atoms with Crippen LogP contribution in [-0.4, -0.2) is 24.6 Å². The Morgan fingerprint density at radius 3 is 3.11 bits per heavy atom. The zero-order valence-electron chi connectivity index (χ0n) is 12.4. The lowest BCUT2D eigenvalue weighted by Gasteiger charge is -2.24. The molecule has 1 fully saturated rings. The van der Waals surface area contributed by atoms with Crippen molar-refractivity contribution >= 4 is 5.82 Å². The number of nitrogens with zero attached hydrogens (tertiary/aromatic N) is 2. The van der Waals surface area contributed by atoms with Crippen molar-refractivity contribution in [2.24, 2.45) is 5.92 Å². The summed E-state index contributed by atoms with van der Waals surface area (Å²) in [6, 6.07) is 4.26. The lowest BCUT2D eigenvalue weighted by atomic mass is 10.0. The van der Waals surface area contributed by atoms with Gasteiger partial charge < -0.3 is 10.2 Å². The molecule has 3 nitrogen and oxygen atoms in total. The summed E-state index contributed by atoms with van der Waals surface area (Å²) in [7, 11) is 0. The molecule has 1 aromatic heterocycles. The van der Waals surface area contributed by atoms with Crippen LogP contribution in [0.15, 0.2) is 18.3 Å². The number of hydrogen-bond donors (Lipinski definition) is 1. The first-order chi connectivity index (χ1) is 9.31. The third-order valence-corrected chi connectivity index (χ3v) is 3.93. The molecule has 0 aliphatic carbocycles. The minimum Gasteiger partial charge on any atom is -0.356 e. The van der Waals surface area contributed by atoms with Crippen LogP contribution < -0.4 is 10.2 Å². The van der Waals surface area contributed by atoms with E-state index in [0.29, 0.717) is 0 Å². The summed E-state index contributed by atoms with van der Waals surface area (Å²) in [5, 5.41) is 3.49. The maximum Gasteiger partial charge on any atom is 0.133 e. The van der Waals surface area contributed by atoms with Crippen LogP contribution in [0.1, 0.15) is 45.1 Å². The standard InChI is InChI=1S/C16H27N3/c1-3-9-17-13-15-7-4-10-18-16(15)19-11-5-6-14(2)8-12-19/h4,7,10,14,17H,3,5-6,8-9,11-13H2,1-2H3. The van der Waals surface area contributed by atoms with E-state index in [1.165, 1.54) is 37.1 Å². The van der Waals surface area contributed by atoms with E-state index in [9.17, 15) is 0 Å². The smallest absolute Gasteiger partial charge is 0.133 e. The summed E-state index contributed by atoms with van der Waals surface area (Å²) >= 11 is 0. The molecule has 3 heteroatoms. The van der Waals surface area contributed by atoms with E-state index < -0.39 is 0 Å². The monoisotopic (exact) mass is 261 g/mol. The van der Waals surface area contributed by atoms with Gasteiger partial charge >= 0.3 is 0 Å². The highest BCUT2D eigenvalue weighted by atomic mass is 15.2. The Hall–Kier alpha value is -1.09. The summed E-state index contributed by atoms with van der Waals surface area (Å²) in [5.74, 6) is 2.05. The van der Waals surface area contributed by atoms with Gasteiger partial charge in [0, 0.05) is 31.4 Å². The molecule has 1 aromatic rings. The Morgan fingerprint density at radius 2 is 2.26 bits per heavy atom. The second-order valence-electron chi connectivity index (χ2n) is 5.69. The van der Waals surface area contributed by atoms with Crippen molar-refractivity contribution in [1.29, 1.82) is 0 Å². The number of aromatic nitrogens is 1. The summed E-state index contributed by atoms with van der Waals surface area (Å²) < 4.78 is 0. The Balaban J connectivity index is 2.05. The van der Waals surface area contributed by atoms with E-state index in [1.807, 2.05) is 12.3 Å². The largest absolute Gasteiger partial charge is 0.356 e. The summed E-state index contributed by atoms with van der Waals surface area (Å²) in [5.41, 5.74) is 1.34. The van der Waals surface area contributed by atoms with Gasteiger partial charge in [-0.25, -0.2) is 4.98 Å². The van der Waals surface area contributed by atoms with E-state index >= 15 is 0 Å². The van der Waals surface area contributed by atoms with Crippen LogP contribution in [0.25, 0.3) is 0 Å². The molecule has 2 heterocycles. The van der Waals surface area contributed by atoms with E-state index in [-0.39, 0.29) is 0 Å². The molecule has 1 aliphatic heterocycles. The van der Waals surface area contributed by atoms with Gasteiger partial charge in [0.15, 0.2) is 0 Å². The molecule has 0 saturated carbocycles. The highest BCUT2D eigenvalue weighted by Crippen LogP contribution is 2.23. The fourth-order valence-corrected chi connectivity index (χ4v) is 2.73. The molecule has 1 aliphatic rings. The third-order valence-electron chi connectivity index (χ3n) is 3.93. The zero-order valence-corrected chi connectivity index (χ0v) is 12.4. The van der Waals surface area contributed by atoms with Gasteiger partial charge in [-0.3, -0.25) is 0 Å². The maximum atomic E-state index is 4.63. The molecule has 0 radical (unpaired) electrons. The van der Waals surface area contributed by atoms with Crippen molar-refractivity contribution < 1.29 is 0 Å². The number of rotatable bonds is 5. The van der Waals surface area contributed by atoms with Gasteiger partial charge in [0.2, 0.25) is 0 Å². The van der Waals surface area contributed by atoms with Gasteiger partial charge in [-0.15, -0.1) is 0 Å². The van der Waals surface area contributed by atoms with Crippen LogP contribution in [0.3, 0.4) is 0 Å². The van der Waals surface area contributed by atoms with E-state index in [0.717, 1.165) is 32.1 Å². The Kier molecular flexibility index (Phi) is 5.64. The molecule has 0 spiro atoms. The second-order valence-corrected chi connectivity index (χ2v) is 5.69. The summed E-state index contributed by atoms with van der Waals surface area (Å²) in [6.45, 7) is 8.88. The van der Waals surface area contributed by atoms with Crippen LogP contribution in [0.2, 0.25) is 0 Å². The van der Waals surface area contributed by atoms with E-state index in [1.54, 1.807) is 0 Å². The number of pyridine rings is 1. The molecule has 19 heavy (non-hydrogen) atoms. The fraction of sp³-hybridized carbons (Fsp3) is 0.688. The predicted octanol–water partition coefficient (Wildman–Crippen LogP) is 3.21. The Bertz CT molecular complexity index is 378. The second kappa shape index (κ2) is 7.49. The van der Waals surface area contributed by atoms with E-state index in [2.05, 4.69) is 35.1 Å². The zero-order chi connectivity index (χ0) is 13.5. The van der Waals surface area contributed by atoms with Crippen molar-refractivity contribution in [3.05, 3.63) is 23.9 Å². The van der Waals surface area contributed by atoms with Crippen LogP contribution in [0.5, 0.6) is 0 Å². The van der Waals surface area contributed by atoms with Crippen LogP contribution >= 0.6 is 0 Å². The highest BCUT2D eigenvalue weighted by molar-refractivity contribution is 5.46. The fourth-order valence-electron chi connectivity index (χ4n) is 2.73. The first kappa shape index (κ1) is 14.3. The topological polar surface area (TPSA) is 28.2 Å². The molecule has 0 aromatic carbocycles. The SMILES string of the molecule is CCCNCc1cccnc1N1CCCC(C)CC1. The van der Waals surface area contributed by atoms with Crippen molar-refractivity contribution in [1.82, 2.24) is 10.3 Å². The molecule has 0 bridgehead atoms. The lowest BCUT2D eigenvalue weighted by molar-refractivity contribution is 0.521. The quantitative estimate of drug-likeness (QED) is 0.825. The average molecular weight is 261 g/mol. The predicted molar refractivity (Wildman–Crippen MR) is 81.5 cm³/mol. The third kappa shape index (κ3) is 4.20. The van der Waals surface area contributed by atoms with Gasteiger partial charge in [0.05, 0.1) is 0 Å². The lowest BCUT2D eigenvalue weighted by Crippen LogP contribution is -2.27. The van der Waals surface area contributed by atoms with Crippen molar-refractivity contribution in [2.75, 3.05) is 24.5 Å². The minimum absolute atomic E-state index is 0.857. The van der Waals surface area contributed by atoms with Gasteiger partial charge in [-0.05, 0) is 44.2 Å². The van der Waals surface area contributed by atoms with Gasteiger partial charge in [0.25, 0.3) is 0 Å². The normalized spacial score (nSPS) is 20.3. The molecular formula is C16H27N3. The van der Waals surface area contributed by atoms with Crippen LogP contribution in [0, 0.1) is 5.92 Å². The first-order valence-corrected chi connectivity index (χ1v) is 7.70.